The van der Waals surface area contributed by atoms with Crippen LogP contribution in [0.3, 0.4) is 0 Å². The monoisotopic (exact) mass is 473 g/mol. The van der Waals surface area contributed by atoms with E-state index >= 15 is 0 Å². The lowest BCUT2D eigenvalue weighted by Gasteiger charge is -2.25. The number of carbonyl (C=O) groups excluding carboxylic acids is 1. The number of hydrogen-bond acceptors (Lipinski definition) is 3. The summed E-state index contributed by atoms with van der Waals surface area (Å²) in [5, 5.41) is 9.59. The van der Waals surface area contributed by atoms with E-state index in [1.165, 1.54) is 5.56 Å². The van der Waals surface area contributed by atoms with Gasteiger partial charge in [0.25, 0.3) is 0 Å². The molecule has 1 amide bonds. The second-order valence-electron chi connectivity index (χ2n) is 6.76. The minimum atomic E-state index is 0. The van der Waals surface area contributed by atoms with Crippen LogP contribution in [0.4, 0.5) is 5.69 Å². The van der Waals surface area contributed by atoms with Crippen LogP contribution < -0.4 is 16.0 Å². The number of guanidine groups is 1. The van der Waals surface area contributed by atoms with Crippen molar-refractivity contribution in [2.45, 2.75) is 39.2 Å². The Labute approximate surface area is 174 Å². The molecule has 1 aliphatic rings. The molecule has 7 heteroatoms. The van der Waals surface area contributed by atoms with Gasteiger partial charge in [-0.15, -0.1) is 24.0 Å². The molecule has 0 spiro atoms. The third kappa shape index (κ3) is 6.75. The number of carbonyl (C=O) groups is 1. The molecule has 1 aliphatic heterocycles. The Morgan fingerprint density at radius 2 is 2.08 bits per heavy atom. The van der Waals surface area contributed by atoms with Gasteiger partial charge in [0.1, 0.15) is 0 Å². The Morgan fingerprint density at radius 1 is 1.35 bits per heavy atom. The van der Waals surface area contributed by atoms with Gasteiger partial charge < -0.3 is 20.9 Å². The number of amides is 1. The van der Waals surface area contributed by atoms with Gasteiger partial charge >= 0.3 is 0 Å². The number of benzene rings is 1. The van der Waals surface area contributed by atoms with Gasteiger partial charge in [0, 0.05) is 43.7 Å². The second-order valence-corrected chi connectivity index (χ2v) is 6.76. The van der Waals surface area contributed by atoms with Crippen molar-refractivity contribution >= 4 is 41.5 Å². The molecule has 1 heterocycles. The fraction of sp³-hybridized carbons (Fsp3) is 0.579. The molecule has 0 aromatic heterocycles. The van der Waals surface area contributed by atoms with Crippen molar-refractivity contribution in [1.82, 2.24) is 15.5 Å². The quantitative estimate of drug-likeness (QED) is 0.324. The zero-order valence-corrected chi connectivity index (χ0v) is 18.5. The van der Waals surface area contributed by atoms with Gasteiger partial charge in [-0.1, -0.05) is 18.2 Å². The van der Waals surface area contributed by atoms with Crippen molar-refractivity contribution < 1.29 is 4.79 Å². The van der Waals surface area contributed by atoms with Crippen molar-refractivity contribution in [2.75, 3.05) is 38.5 Å². The number of fused-ring (bicyclic) bond motifs is 1. The molecule has 0 aliphatic carbocycles. The molecule has 3 N–H and O–H groups in total. The maximum absolute atomic E-state index is 11.9. The molecule has 26 heavy (non-hydrogen) atoms. The molecular formula is C19H32IN5O. The summed E-state index contributed by atoms with van der Waals surface area (Å²) in [4.78, 5) is 18.9. The maximum Gasteiger partial charge on any atom is 0.225 e. The molecule has 6 nitrogen and oxygen atoms in total. The van der Waals surface area contributed by atoms with E-state index in [0.717, 1.165) is 31.3 Å². The topological polar surface area (TPSA) is 68.8 Å². The summed E-state index contributed by atoms with van der Waals surface area (Å²) >= 11 is 0. The first-order valence-electron chi connectivity index (χ1n) is 9.12. The van der Waals surface area contributed by atoms with E-state index in [1.54, 1.807) is 0 Å². The normalized spacial score (nSPS) is 16.8. The van der Waals surface area contributed by atoms with Gasteiger partial charge in [0.05, 0.1) is 6.54 Å². The molecule has 0 saturated carbocycles. The van der Waals surface area contributed by atoms with Crippen LogP contribution in [0.25, 0.3) is 0 Å². The molecule has 0 saturated heterocycles. The minimum absolute atomic E-state index is 0. The summed E-state index contributed by atoms with van der Waals surface area (Å²) < 4.78 is 0. The lowest BCUT2D eigenvalue weighted by Crippen LogP contribution is -2.42. The summed E-state index contributed by atoms with van der Waals surface area (Å²) in [7, 11) is 2.12. The van der Waals surface area contributed by atoms with E-state index in [-0.39, 0.29) is 35.8 Å². The highest BCUT2D eigenvalue weighted by Crippen LogP contribution is 2.31. The van der Waals surface area contributed by atoms with E-state index in [0.29, 0.717) is 19.0 Å². The van der Waals surface area contributed by atoms with Gasteiger partial charge in [0.2, 0.25) is 5.91 Å². The molecule has 2 rings (SSSR count). The molecule has 0 radical (unpaired) electrons. The highest BCUT2D eigenvalue weighted by atomic mass is 127. The number of nitrogens with one attached hydrogen (secondary N) is 3. The van der Waals surface area contributed by atoms with E-state index in [9.17, 15) is 4.79 Å². The van der Waals surface area contributed by atoms with Crippen LogP contribution in [-0.4, -0.2) is 56.0 Å². The molecule has 1 atom stereocenters. The lowest BCUT2D eigenvalue weighted by atomic mass is 9.91. The zero-order valence-electron chi connectivity index (χ0n) is 16.2. The molecule has 0 fully saturated rings. The number of para-hydroxylation sites is 1. The Balaban J connectivity index is 0.00000338. The Morgan fingerprint density at radius 3 is 2.77 bits per heavy atom. The van der Waals surface area contributed by atoms with Gasteiger partial charge in [-0.05, 0) is 39.4 Å². The summed E-state index contributed by atoms with van der Waals surface area (Å²) in [6.45, 7) is 9.63. The smallest absolute Gasteiger partial charge is 0.225 e. The third-order valence-electron chi connectivity index (χ3n) is 4.56. The molecule has 146 valence electrons. The fourth-order valence-corrected chi connectivity index (χ4v) is 2.82. The highest BCUT2D eigenvalue weighted by Gasteiger charge is 2.24. The Hall–Kier alpha value is -1.35. The fourth-order valence-electron chi connectivity index (χ4n) is 2.82. The van der Waals surface area contributed by atoms with Crippen LogP contribution in [0.1, 0.15) is 38.7 Å². The molecule has 1 aromatic rings. The average molecular weight is 473 g/mol. The van der Waals surface area contributed by atoms with Crippen LogP contribution in [0.5, 0.6) is 0 Å². The van der Waals surface area contributed by atoms with E-state index < -0.39 is 0 Å². The van der Waals surface area contributed by atoms with Gasteiger partial charge in [0.15, 0.2) is 5.96 Å². The summed E-state index contributed by atoms with van der Waals surface area (Å²) in [6, 6.07) is 8.51. The van der Waals surface area contributed by atoms with Crippen molar-refractivity contribution in [3.63, 3.8) is 0 Å². The number of rotatable bonds is 7. The van der Waals surface area contributed by atoms with E-state index in [4.69, 9.17) is 4.99 Å². The number of halogens is 1. The number of nitrogens with zero attached hydrogens (tertiary/aromatic N) is 2. The third-order valence-corrected chi connectivity index (χ3v) is 4.56. The SMILES string of the molecule is CCNC(=NCC1CC(=O)Nc2ccccc21)NCCN(C)C(C)C.I. The minimum Gasteiger partial charge on any atom is -0.357 e. The van der Waals surface area contributed by atoms with Crippen molar-refractivity contribution in [3.05, 3.63) is 29.8 Å². The van der Waals surface area contributed by atoms with Crippen LogP contribution in [0.15, 0.2) is 29.3 Å². The summed E-state index contributed by atoms with van der Waals surface area (Å²) in [5.74, 6) is 0.997. The Bertz CT molecular complexity index is 605. The lowest BCUT2D eigenvalue weighted by molar-refractivity contribution is -0.116. The molecular weight excluding hydrogens is 441 g/mol. The van der Waals surface area contributed by atoms with Crippen LogP contribution in [0, 0.1) is 0 Å². The first kappa shape index (κ1) is 22.7. The maximum atomic E-state index is 11.9. The van der Waals surface area contributed by atoms with Gasteiger partial charge in [-0.2, -0.15) is 0 Å². The highest BCUT2D eigenvalue weighted by molar-refractivity contribution is 14.0. The number of anilines is 1. The van der Waals surface area contributed by atoms with Crippen LogP contribution in [-0.2, 0) is 4.79 Å². The van der Waals surface area contributed by atoms with Gasteiger partial charge in [-0.3, -0.25) is 9.79 Å². The van der Waals surface area contributed by atoms with E-state index in [1.807, 2.05) is 18.2 Å². The van der Waals surface area contributed by atoms with Crippen molar-refractivity contribution in [2.24, 2.45) is 4.99 Å². The number of aliphatic imine (C=N–C) groups is 1. The molecule has 1 unspecified atom stereocenters. The molecule has 1 aromatic carbocycles. The number of likely N-dealkylation sites (N-methyl/N-ethyl adjacent to an activating group) is 1. The van der Waals surface area contributed by atoms with Gasteiger partial charge in [-0.25, -0.2) is 0 Å². The largest absolute Gasteiger partial charge is 0.357 e. The average Bonchev–Trinajstić information content (AvgIpc) is 2.58. The van der Waals surface area contributed by atoms with Crippen LogP contribution in [0.2, 0.25) is 0 Å². The van der Waals surface area contributed by atoms with Crippen LogP contribution >= 0.6 is 24.0 Å². The Kier molecular flexibility index (Phi) is 9.93. The predicted octanol–water partition coefficient (Wildman–Crippen LogP) is 2.63. The summed E-state index contributed by atoms with van der Waals surface area (Å²) in [6.07, 6.45) is 0.482. The zero-order chi connectivity index (χ0) is 18.2. The molecule has 0 bridgehead atoms. The number of hydrogen-bond donors (Lipinski definition) is 3. The standard InChI is InChI=1S/C19H31N5O.HI/c1-5-20-19(21-10-11-24(4)14(2)3)22-13-15-12-18(25)23-17-9-7-6-8-16(15)17;/h6-9,14-15H,5,10-13H2,1-4H3,(H,23,25)(H2,20,21,22);1H. The second kappa shape index (κ2) is 11.4. The van der Waals surface area contributed by atoms with E-state index in [2.05, 4.69) is 54.7 Å². The first-order chi connectivity index (χ1) is 12.0. The summed E-state index contributed by atoms with van der Waals surface area (Å²) in [5.41, 5.74) is 2.08. The van der Waals surface area contributed by atoms with Crippen molar-refractivity contribution in [1.29, 1.82) is 0 Å². The predicted molar refractivity (Wildman–Crippen MR) is 120 cm³/mol. The first-order valence-corrected chi connectivity index (χ1v) is 9.12. The van der Waals surface area contributed by atoms with Crippen molar-refractivity contribution in [3.8, 4) is 0 Å².